The Labute approximate surface area is 112 Å². The molecule has 1 rings (SSSR count). The number of likely N-dealkylation sites (N-methyl/N-ethyl adjacent to an activating group) is 1. The number of anilines is 2. The van der Waals surface area contributed by atoms with Crippen molar-refractivity contribution < 1.29 is 4.79 Å². The Hall–Kier alpha value is -1.49. The third kappa shape index (κ3) is 4.41. The molecule has 3 N–H and O–H groups in total. The Morgan fingerprint density at radius 2 is 2.22 bits per heavy atom. The maximum Gasteiger partial charge on any atom is 0.239 e. The molecule has 1 aromatic rings. The van der Waals surface area contributed by atoms with Crippen LogP contribution >= 0.6 is 11.6 Å². The van der Waals surface area contributed by atoms with Crippen LogP contribution in [-0.2, 0) is 4.79 Å². The second kappa shape index (κ2) is 6.44. The van der Waals surface area contributed by atoms with Crippen molar-refractivity contribution in [1.82, 2.24) is 10.3 Å². The molecule has 1 heterocycles. The van der Waals surface area contributed by atoms with Gasteiger partial charge in [-0.3, -0.25) is 4.79 Å². The zero-order chi connectivity index (χ0) is 13.7. The van der Waals surface area contributed by atoms with Gasteiger partial charge in [0.2, 0.25) is 5.91 Å². The van der Waals surface area contributed by atoms with Crippen LogP contribution in [0, 0.1) is 0 Å². The second-order valence-corrected chi connectivity index (χ2v) is 4.71. The van der Waals surface area contributed by atoms with Gasteiger partial charge in [-0.1, -0.05) is 11.6 Å². The summed E-state index contributed by atoms with van der Waals surface area (Å²) in [5, 5.41) is 3.16. The van der Waals surface area contributed by atoms with E-state index in [0.29, 0.717) is 23.2 Å². The molecule has 0 aliphatic heterocycles. The summed E-state index contributed by atoms with van der Waals surface area (Å²) < 4.78 is 0. The number of amides is 1. The number of rotatable bonds is 5. The molecule has 0 radical (unpaired) electrons. The minimum atomic E-state index is -0.0489. The summed E-state index contributed by atoms with van der Waals surface area (Å²) in [7, 11) is 0. The van der Waals surface area contributed by atoms with E-state index in [1.165, 1.54) is 0 Å². The summed E-state index contributed by atoms with van der Waals surface area (Å²) in [5.41, 5.74) is 6.25. The minimum absolute atomic E-state index is 0.0489. The first kappa shape index (κ1) is 14.6. The van der Waals surface area contributed by atoms with Crippen LogP contribution in [0.2, 0.25) is 5.15 Å². The minimum Gasteiger partial charge on any atom is -0.399 e. The van der Waals surface area contributed by atoms with Crippen molar-refractivity contribution in [3.63, 3.8) is 0 Å². The number of carbonyl (C=O) groups excluding carboxylic acids is 1. The number of carbonyl (C=O) groups is 1. The Morgan fingerprint density at radius 3 is 2.72 bits per heavy atom. The number of nitrogens with one attached hydrogen (secondary N) is 1. The summed E-state index contributed by atoms with van der Waals surface area (Å²) in [6.45, 7) is 6.68. The molecule has 1 aromatic heterocycles. The molecule has 0 spiro atoms. The Balaban J connectivity index is 2.79. The first-order valence-electron chi connectivity index (χ1n) is 5.89. The number of nitrogen functional groups attached to an aromatic ring is 1. The van der Waals surface area contributed by atoms with Gasteiger partial charge in [0.1, 0.15) is 11.0 Å². The highest BCUT2D eigenvalue weighted by Crippen LogP contribution is 2.19. The van der Waals surface area contributed by atoms with Gasteiger partial charge in [0, 0.05) is 24.3 Å². The summed E-state index contributed by atoms with van der Waals surface area (Å²) in [5.74, 6) is 0.564. The van der Waals surface area contributed by atoms with Crippen molar-refractivity contribution in [3.8, 4) is 0 Å². The van der Waals surface area contributed by atoms with Crippen LogP contribution in [0.5, 0.6) is 0 Å². The van der Waals surface area contributed by atoms with Crippen LogP contribution in [0.4, 0.5) is 11.5 Å². The molecule has 100 valence electrons. The molecule has 0 unspecified atom stereocenters. The molecule has 0 aromatic carbocycles. The number of nitrogens with two attached hydrogens (primary N) is 1. The predicted molar refractivity (Wildman–Crippen MR) is 74.8 cm³/mol. The largest absolute Gasteiger partial charge is 0.399 e. The van der Waals surface area contributed by atoms with Gasteiger partial charge < -0.3 is 16.0 Å². The van der Waals surface area contributed by atoms with E-state index >= 15 is 0 Å². The maximum atomic E-state index is 11.7. The Morgan fingerprint density at radius 1 is 1.56 bits per heavy atom. The van der Waals surface area contributed by atoms with Crippen LogP contribution in [0.25, 0.3) is 0 Å². The third-order valence-electron chi connectivity index (χ3n) is 2.29. The fourth-order valence-corrected chi connectivity index (χ4v) is 1.77. The van der Waals surface area contributed by atoms with Gasteiger partial charge in [-0.05, 0) is 26.8 Å². The van der Waals surface area contributed by atoms with Gasteiger partial charge in [0.05, 0.1) is 6.54 Å². The van der Waals surface area contributed by atoms with Crippen molar-refractivity contribution in [2.45, 2.75) is 26.8 Å². The van der Waals surface area contributed by atoms with Crippen LogP contribution in [-0.4, -0.2) is 30.0 Å². The highest BCUT2D eigenvalue weighted by atomic mass is 35.5. The average Bonchev–Trinajstić information content (AvgIpc) is 2.23. The zero-order valence-corrected chi connectivity index (χ0v) is 11.7. The second-order valence-electron chi connectivity index (χ2n) is 4.32. The molecule has 6 heteroatoms. The van der Waals surface area contributed by atoms with Crippen molar-refractivity contribution in [1.29, 1.82) is 0 Å². The van der Waals surface area contributed by atoms with E-state index in [4.69, 9.17) is 17.3 Å². The molecule has 0 aliphatic carbocycles. The molecule has 0 atom stereocenters. The molecule has 0 saturated heterocycles. The molecule has 18 heavy (non-hydrogen) atoms. The Bertz CT molecular complexity index is 402. The SMILES string of the molecule is CCN(CC(=O)NC(C)C)c1cc(N)cc(Cl)n1. The van der Waals surface area contributed by atoms with E-state index in [1.807, 2.05) is 25.7 Å². The summed E-state index contributed by atoms with van der Waals surface area (Å²) in [6.07, 6.45) is 0. The fraction of sp³-hybridized carbons (Fsp3) is 0.500. The molecule has 5 nitrogen and oxygen atoms in total. The molecular weight excluding hydrogens is 252 g/mol. The number of hydrogen-bond acceptors (Lipinski definition) is 4. The van der Waals surface area contributed by atoms with Gasteiger partial charge in [-0.15, -0.1) is 0 Å². The number of hydrogen-bond donors (Lipinski definition) is 2. The highest BCUT2D eigenvalue weighted by Gasteiger charge is 2.12. The van der Waals surface area contributed by atoms with Gasteiger partial charge in [-0.25, -0.2) is 4.98 Å². The lowest BCUT2D eigenvalue weighted by molar-refractivity contribution is -0.120. The molecule has 1 amide bonds. The lowest BCUT2D eigenvalue weighted by Crippen LogP contribution is -2.40. The van der Waals surface area contributed by atoms with E-state index in [2.05, 4.69) is 10.3 Å². The smallest absolute Gasteiger partial charge is 0.239 e. The van der Waals surface area contributed by atoms with E-state index in [1.54, 1.807) is 12.1 Å². The number of aromatic nitrogens is 1. The van der Waals surface area contributed by atoms with Gasteiger partial charge in [-0.2, -0.15) is 0 Å². The molecule has 0 bridgehead atoms. The number of halogens is 1. The lowest BCUT2D eigenvalue weighted by atomic mass is 10.3. The van der Waals surface area contributed by atoms with Gasteiger partial charge in [0.25, 0.3) is 0 Å². The van der Waals surface area contributed by atoms with Crippen LogP contribution in [0.15, 0.2) is 12.1 Å². The maximum absolute atomic E-state index is 11.7. The van der Waals surface area contributed by atoms with Gasteiger partial charge >= 0.3 is 0 Å². The summed E-state index contributed by atoms with van der Waals surface area (Å²) in [6, 6.07) is 3.40. The zero-order valence-electron chi connectivity index (χ0n) is 10.9. The third-order valence-corrected chi connectivity index (χ3v) is 2.49. The fourth-order valence-electron chi connectivity index (χ4n) is 1.56. The molecular formula is C12H19ClN4O. The first-order valence-corrected chi connectivity index (χ1v) is 6.27. The van der Waals surface area contributed by atoms with Crippen LogP contribution in [0.1, 0.15) is 20.8 Å². The van der Waals surface area contributed by atoms with Gasteiger partial charge in [0.15, 0.2) is 0 Å². The molecule has 0 aliphatic rings. The normalized spacial score (nSPS) is 10.5. The monoisotopic (exact) mass is 270 g/mol. The van der Waals surface area contributed by atoms with E-state index < -0.39 is 0 Å². The standard InChI is InChI=1S/C12H19ClN4O/c1-4-17(7-12(18)15-8(2)3)11-6-9(14)5-10(13)16-11/h5-6,8H,4,7H2,1-3H3,(H2,14,16)(H,15,18). The molecule has 0 saturated carbocycles. The number of pyridine rings is 1. The number of nitrogens with zero attached hydrogens (tertiary/aromatic N) is 2. The van der Waals surface area contributed by atoms with Crippen molar-refractivity contribution in [2.24, 2.45) is 0 Å². The van der Waals surface area contributed by atoms with Crippen LogP contribution in [0.3, 0.4) is 0 Å². The Kier molecular flexibility index (Phi) is 5.22. The quantitative estimate of drug-likeness (QED) is 0.799. The molecule has 0 fully saturated rings. The summed E-state index contributed by atoms with van der Waals surface area (Å²) >= 11 is 5.85. The van der Waals surface area contributed by atoms with E-state index in [9.17, 15) is 4.79 Å². The van der Waals surface area contributed by atoms with E-state index in [0.717, 1.165) is 0 Å². The average molecular weight is 271 g/mol. The topological polar surface area (TPSA) is 71.2 Å². The first-order chi connectivity index (χ1) is 8.42. The highest BCUT2D eigenvalue weighted by molar-refractivity contribution is 6.29. The summed E-state index contributed by atoms with van der Waals surface area (Å²) in [4.78, 5) is 17.7. The van der Waals surface area contributed by atoms with Crippen molar-refractivity contribution in [3.05, 3.63) is 17.3 Å². The van der Waals surface area contributed by atoms with Crippen LogP contribution < -0.4 is 16.0 Å². The van der Waals surface area contributed by atoms with Crippen molar-refractivity contribution in [2.75, 3.05) is 23.7 Å². The predicted octanol–water partition coefficient (Wildman–Crippen LogP) is 1.67. The van der Waals surface area contributed by atoms with E-state index in [-0.39, 0.29) is 18.5 Å². The lowest BCUT2D eigenvalue weighted by Gasteiger charge is -2.22. The van der Waals surface area contributed by atoms with Crippen molar-refractivity contribution >= 4 is 29.0 Å².